The summed E-state index contributed by atoms with van der Waals surface area (Å²) in [5.41, 5.74) is 4.40. The van der Waals surface area contributed by atoms with Crippen molar-refractivity contribution in [3.05, 3.63) is 93.3 Å². The van der Waals surface area contributed by atoms with E-state index in [4.69, 9.17) is 28.2 Å². The van der Waals surface area contributed by atoms with E-state index < -0.39 is 0 Å². The zero-order valence-electron chi connectivity index (χ0n) is 39.8. The molecule has 17 heteroatoms. The zero-order chi connectivity index (χ0) is 48.3. The van der Waals surface area contributed by atoms with Crippen LogP contribution in [0, 0.1) is 5.92 Å². The lowest BCUT2D eigenvalue weighted by atomic mass is 9.95. The molecule has 4 aromatic rings. The number of rotatable bonds is 13. The number of amides is 3. The highest BCUT2D eigenvalue weighted by Gasteiger charge is 2.30. The molecule has 67 heavy (non-hydrogen) atoms. The Balaban J connectivity index is 0.000000275. The van der Waals surface area contributed by atoms with E-state index in [1.165, 1.54) is 0 Å². The van der Waals surface area contributed by atoms with E-state index in [1.54, 1.807) is 24.3 Å². The molecule has 3 aliphatic heterocycles. The number of aromatic amines is 1. The van der Waals surface area contributed by atoms with E-state index in [9.17, 15) is 19.2 Å². The van der Waals surface area contributed by atoms with Gasteiger partial charge in [0.25, 0.3) is 0 Å². The van der Waals surface area contributed by atoms with Gasteiger partial charge in [-0.05, 0) is 87.9 Å². The maximum Gasteiger partial charge on any atom is 0.321 e. The normalized spacial score (nSPS) is 17.0. The first kappa shape index (κ1) is 52.4. The minimum atomic E-state index is -0.230. The first-order chi connectivity index (χ1) is 32.5. The van der Waals surface area contributed by atoms with Gasteiger partial charge in [-0.2, -0.15) is 5.10 Å². The molecule has 0 unspecified atom stereocenters. The van der Waals surface area contributed by atoms with Crippen LogP contribution >= 0.6 is 23.2 Å². The molecule has 3 amide bonds. The van der Waals surface area contributed by atoms with Crippen LogP contribution in [0.5, 0.6) is 0 Å². The Labute approximate surface area is 405 Å². The number of urea groups is 1. The number of nitrogens with one attached hydrogen (secondary N) is 2. The molecule has 3 saturated heterocycles. The van der Waals surface area contributed by atoms with Gasteiger partial charge in [-0.15, -0.1) is 0 Å². The number of pyridine rings is 2. The second-order valence-electron chi connectivity index (χ2n) is 16.5. The number of aldehydes is 2. The summed E-state index contributed by atoms with van der Waals surface area (Å²) >= 11 is 12.9. The van der Waals surface area contributed by atoms with Crippen LogP contribution in [-0.2, 0) is 14.4 Å². The Bertz CT molecular complexity index is 2330. The van der Waals surface area contributed by atoms with Gasteiger partial charge in [-0.3, -0.25) is 24.7 Å². The lowest BCUT2D eigenvalue weighted by molar-refractivity contribution is -0.137. The largest absolute Gasteiger partial charge is 0.369 e. The predicted molar refractivity (Wildman–Crippen MR) is 271 cm³/mol. The van der Waals surface area contributed by atoms with E-state index in [1.807, 2.05) is 80.4 Å². The molecule has 0 bridgehead atoms. The number of hydrogen-bond donors (Lipinski definition) is 2. The van der Waals surface area contributed by atoms with Crippen LogP contribution < -0.4 is 30.6 Å². The van der Waals surface area contributed by atoms with Gasteiger partial charge in [0.15, 0.2) is 0 Å². The van der Waals surface area contributed by atoms with E-state index in [0.717, 1.165) is 135 Å². The molecule has 0 saturated carbocycles. The molecule has 6 heterocycles. The summed E-state index contributed by atoms with van der Waals surface area (Å²) < 4.78 is 0. The number of carbonyl (C=O) groups excluding carboxylic acids is 4. The van der Waals surface area contributed by atoms with Gasteiger partial charge in [-0.1, -0.05) is 62.2 Å². The predicted octanol–water partition coefficient (Wildman–Crippen LogP) is 5.87. The van der Waals surface area contributed by atoms with Gasteiger partial charge in [0.05, 0.1) is 21.9 Å². The molecule has 0 spiro atoms. The van der Waals surface area contributed by atoms with Crippen LogP contribution in [0.4, 0.5) is 22.0 Å². The van der Waals surface area contributed by atoms with Crippen molar-refractivity contribution >= 4 is 77.1 Å². The monoisotopic (exact) mass is 955 g/mol. The molecule has 2 N–H and O–H groups in total. The van der Waals surface area contributed by atoms with Crippen LogP contribution in [0.1, 0.15) is 58.4 Å². The molecule has 3 aliphatic rings. The zero-order valence-corrected chi connectivity index (χ0v) is 41.3. The van der Waals surface area contributed by atoms with Gasteiger partial charge in [0.1, 0.15) is 24.1 Å². The molecule has 360 valence electrons. The highest BCUT2D eigenvalue weighted by atomic mass is 35.5. The van der Waals surface area contributed by atoms with Crippen LogP contribution in [0.15, 0.2) is 67.1 Å². The number of piperidine rings is 1. The van der Waals surface area contributed by atoms with Gasteiger partial charge in [0, 0.05) is 125 Å². The summed E-state index contributed by atoms with van der Waals surface area (Å²) in [6.45, 7) is 17.4. The number of H-pyrrole nitrogens is 1. The first-order valence-electron chi connectivity index (χ1n) is 23.4. The molecular formula is C50H67Cl2N11O4. The maximum absolute atomic E-state index is 13.0. The summed E-state index contributed by atoms with van der Waals surface area (Å²) in [4.78, 5) is 67.6. The van der Waals surface area contributed by atoms with Crippen molar-refractivity contribution in [2.24, 2.45) is 5.92 Å². The average Bonchev–Trinajstić information content (AvgIpc) is 3.76. The SMILES string of the molecule is C/C=C/C=c1/[nH]nc(-c2ccc(N3CCN(C(=O)C4CCN(C)CC4)CC3)nc2)/c1=C/[C@H](C)c1c(Cl)cncc1Cl.CC.CNC(=O)N(CCC=O)c1ccc(N2CCN(CC=O)CC2)cc1. The topological polar surface area (TPSA) is 154 Å². The van der Waals surface area contributed by atoms with Crippen molar-refractivity contribution in [1.82, 2.24) is 40.2 Å². The highest BCUT2D eigenvalue weighted by Crippen LogP contribution is 2.31. The Hall–Kier alpha value is -5.61. The van der Waals surface area contributed by atoms with E-state index in [-0.39, 0.29) is 17.9 Å². The minimum absolute atomic E-state index is 0.0761. The Morgan fingerprint density at radius 1 is 0.881 bits per heavy atom. The molecule has 3 fully saturated rings. The molecular weight excluding hydrogens is 890 g/mol. The summed E-state index contributed by atoms with van der Waals surface area (Å²) in [5.74, 6) is 1.31. The molecule has 0 aliphatic carbocycles. The number of likely N-dealkylation sites (tertiary alicyclic amines) is 1. The number of allylic oxidation sites excluding steroid dienone is 2. The fourth-order valence-electron chi connectivity index (χ4n) is 8.45. The van der Waals surface area contributed by atoms with Crippen molar-refractivity contribution < 1.29 is 19.2 Å². The third kappa shape index (κ3) is 14.2. The van der Waals surface area contributed by atoms with Crippen LogP contribution in [-0.4, -0.2) is 152 Å². The number of aromatic nitrogens is 4. The Morgan fingerprint density at radius 3 is 2.12 bits per heavy atom. The lowest BCUT2D eigenvalue weighted by Gasteiger charge is -2.38. The molecule has 0 radical (unpaired) electrons. The third-order valence-corrected chi connectivity index (χ3v) is 12.8. The first-order valence-corrected chi connectivity index (χ1v) is 24.1. The fourth-order valence-corrected chi connectivity index (χ4v) is 9.16. The number of anilines is 3. The number of halogens is 2. The van der Waals surface area contributed by atoms with E-state index >= 15 is 0 Å². The maximum atomic E-state index is 13.0. The van der Waals surface area contributed by atoms with Crippen LogP contribution in [0.25, 0.3) is 23.4 Å². The molecule has 15 nitrogen and oxygen atoms in total. The van der Waals surface area contributed by atoms with Crippen molar-refractivity contribution in [3.8, 4) is 11.3 Å². The molecule has 7 rings (SSSR count). The summed E-state index contributed by atoms with van der Waals surface area (Å²) in [6, 6.07) is 11.6. The minimum Gasteiger partial charge on any atom is -0.369 e. The summed E-state index contributed by atoms with van der Waals surface area (Å²) in [7, 11) is 3.70. The number of piperazine rings is 2. The van der Waals surface area contributed by atoms with Gasteiger partial charge in [-0.25, -0.2) is 9.78 Å². The summed E-state index contributed by atoms with van der Waals surface area (Å²) in [6.07, 6.45) is 17.1. The summed E-state index contributed by atoms with van der Waals surface area (Å²) in [5, 5.41) is 13.3. The van der Waals surface area contributed by atoms with Crippen molar-refractivity contribution in [2.45, 2.75) is 52.9 Å². The smallest absolute Gasteiger partial charge is 0.321 e. The van der Waals surface area contributed by atoms with Crippen LogP contribution in [0.2, 0.25) is 10.0 Å². The van der Waals surface area contributed by atoms with E-state index in [2.05, 4.69) is 66.2 Å². The van der Waals surface area contributed by atoms with Crippen molar-refractivity contribution in [1.29, 1.82) is 0 Å². The van der Waals surface area contributed by atoms with Gasteiger partial charge in [0.2, 0.25) is 5.91 Å². The van der Waals surface area contributed by atoms with Gasteiger partial charge >= 0.3 is 6.03 Å². The third-order valence-electron chi connectivity index (χ3n) is 12.2. The van der Waals surface area contributed by atoms with Crippen molar-refractivity contribution in [2.75, 3.05) is 107 Å². The van der Waals surface area contributed by atoms with Crippen molar-refractivity contribution in [3.63, 3.8) is 0 Å². The number of hydrogen-bond acceptors (Lipinski definition) is 11. The average molecular weight is 957 g/mol. The Morgan fingerprint density at radius 2 is 1.54 bits per heavy atom. The number of benzene rings is 1. The van der Waals surface area contributed by atoms with E-state index in [0.29, 0.717) is 35.5 Å². The highest BCUT2D eigenvalue weighted by molar-refractivity contribution is 6.36. The number of nitrogens with zero attached hydrogens (tertiary/aromatic N) is 9. The molecule has 3 aromatic heterocycles. The second-order valence-corrected chi connectivity index (χ2v) is 17.3. The van der Waals surface area contributed by atoms with Gasteiger partial charge < -0.3 is 34.5 Å². The standard InChI is InChI=1S/C31H37Cl2N7O.C17H24N4O3.C2H6/c1-4-5-6-27-24(17-21(2)29-25(32)19-34-20-26(29)33)30(37-36-27)23-7-8-28(35-18-23)39-13-15-40(16-14-39)31(41)22-9-11-38(3)12-10-22;1-18-17(24)21(7-2-13-22)16-5-3-15(4-6-16)20-10-8-19(9-11-20)12-14-23;1-2/h4-8,17-22,36H,9-16H2,1-3H3;3-6,13-14H,2,7-12H2,1H3,(H,18,24);1-2H3/b5-4+,24-17+,27-6+;;/t21-;;/m0../s1. The quantitative estimate of drug-likeness (QED) is 0.155. The molecule has 1 atom stereocenters. The Kier molecular flexibility index (Phi) is 20.8. The van der Waals surface area contributed by atoms with Crippen LogP contribution in [0.3, 0.4) is 0 Å². The second kappa shape index (κ2) is 26.7. The fraction of sp³-hybridized carbons (Fsp3) is 0.460. The lowest BCUT2D eigenvalue weighted by Crippen LogP contribution is -2.51. The number of carbonyl (C=O) groups is 4. The molecule has 1 aromatic carbocycles.